The lowest BCUT2D eigenvalue weighted by molar-refractivity contribution is -0.137. The summed E-state index contributed by atoms with van der Waals surface area (Å²) in [5.41, 5.74) is 5.16. The molecule has 1 heterocycles. The molecule has 2 rings (SSSR count). The van der Waals surface area contributed by atoms with E-state index in [-0.39, 0.29) is 28.8 Å². The van der Waals surface area contributed by atoms with Gasteiger partial charge in [-0.2, -0.15) is 8.42 Å². The number of nitrogens with one attached hydrogen (secondary N) is 1. The number of aliphatic carboxylic acids is 1. The minimum Gasteiger partial charge on any atom is -0.480 e. The van der Waals surface area contributed by atoms with Crippen LogP contribution < -0.4 is 16.6 Å². The number of carboxylic acid groups (broad SMARTS) is 1. The maximum Gasteiger partial charge on any atom is 0.323 e. The van der Waals surface area contributed by atoms with Crippen molar-refractivity contribution in [3.05, 3.63) is 34.7 Å². The molecule has 5 N–H and O–H groups in total. The summed E-state index contributed by atoms with van der Waals surface area (Å²) in [7, 11) is -4.54. The minimum absolute atomic E-state index is 0.00818. The quantitative estimate of drug-likeness (QED) is 0.414. The summed E-state index contributed by atoms with van der Waals surface area (Å²) in [6.45, 7) is 2.90. The lowest BCUT2D eigenvalue weighted by atomic mass is 10.1. The second-order valence-corrected chi connectivity index (χ2v) is 7.26. The molecule has 0 bridgehead atoms. The molecule has 0 amide bonds. The van der Waals surface area contributed by atoms with Crippen LogP contribution in [-0.4, -0.2) is 39.6 Å². The van der Waals surface area contributed by atoms with Crippen LogP contribution >= 0.6 is 0 Å². The van der Waals surface area contributed by atoms with Crippen LogP contribution in [0.5, 0.6) is 0 Å². The Morgan fingerprint density at radius 2 is 2.00 bits per heavy atom. The largest absolute Gasteiger partial charge is 0.480 e. The van der Waals surface area contributed by atoms with Crippen LogP contribution in [0.3, 0.4) is 0 Å². The molecule has 0 aliphatic carbocycles. The van der Waals surface area contributed by atoms with Crippen molar-refractivity contribution in [3.8, 4) is 11.3 Å². The highest BCUT2D eigenvalue weighted by atomic mass is 32.2. The van der Waals surface area contributed by atoms with Crippen LogP contribution in [0.2, 0.25) is 0 Å². The third kappa shape index (κ3) is 4.37. The highest BCUT2D eigenvalue weighted by Gasteiger charge is 2.18. The predicted octanol–water partition coefficient (Wildman–Crippen LogP) is 0.644. The first kappa shape index (κ1) is 19.4. The second-order valence-electron chi connectivity index (χ2n) is 5.84. The predicted molar refractivity (Wildman–Crippen MR) is 94.6 cm³/mol. The molecule has 0 atom stereocenters. The number of nitrogen functional groups attached to an aromatic ring is 1. The Balaban J connectivity index is 2.73. The molecule has 0 fully saturated rings. The topological polar surface area (TPSA) is 165 Å². The molecule has 0 radical (unpaired) electrons. The van der Waals surface area contributed by atoms with Crippen LogP contribution in [0.15, 0.2) is 34.1 Å². The van der Waals surface area contributed by atoms with Gasteiger partial charge in [0.05, 0.1) is 16.8 Å². The third-order valence-corrected chi connectivity index (χ3v) is 4.13. The zero-order valence-electron chi connectivity index (χ0n) is 14.0. The molecule has 1 aromatic heterocycles. The molecule has 2 aromatic rings. The molecule has 10 nitrogen and oxygen atoms in total. The fourth-order valence-electron chi connectivity index (χ4n) is 2.30. The number of nitrogens with zero attached hydrogens (tertiary/aromatic N) is 2. The number of anilines is 2. The van der Waals surface area contributed by atoms with E-state index in [2.05, 4.69) is 10.3 Å². The van der Waals surface area contributed by atoms with Gasteiger partial charge in [-0.05, 0) is 32.0 Å². The van der Waals surface area contributed by atoms with Gasteiger partial charge in [0.25, 0.3) is 15.7 Å². The fourth-order valence-corrected chi connectivity index (χ4v) is 2.86. The number of carbonyl (C=O) groups is 1. The number of carboxylic acids is 1. The first-order valence-electron chi connectivity index (χ1n) is 7.45. The van der Waals surface area contributed by atoms with Gasteiger partial charge in [-0.1, -0.05) is 0 Å². The zero-order chi connectivity index (χ0) is 19.6. The summed E-state index contributed by atoms with van der Waals surface area (Å²) in [4.78, 5) is 27.3. The maximum absolute atomic E-state index is 12.6. The van der Waals surface area contributed by atoms with E-state index in [0.717, 1.165) is 16.7 Å². The van der Waals surface area contributed by atoms with Crippen LogP contribution in [-0.2, 0) is 21.5 Å². The van der Waals surface area contributed by atoms with Gasteiger partial charge in [-0.25, -0.2) is 4.98 Å². The lowest BCUT2D eigenvalue weighted by Crippen LogP contribution is -2.30. The summed E-state index contributed by atoms with van der Waals surface area (Å²) in [6.07, 6.45) is 1.23. The molecule has 0 saturated heterocycles. The standard InChI is InChI=1S/C15H18N4O6S/c1-8(2)18-14-15(22)19(7-13(20)21)12(6-17-14)9-3-10(16)5-11(4-9)26(23,24)25/h3-6,8H,7,16H2,1-2H3,(H,17,18)(H,20,21)(H,23,24,25). The Bertz CT molecular complexity index is 1010. The van der Waals surface area contributed by atoms with Crippen LogP contribution in [0.1, 0.15) is 13.8 Å². The van der Waals surface area contributed by atoms with Gasteiger partial charge < -0.3 is 16.2 Å². The second kappa shape index (κ2) is 7.14. The van der Waals surface area contributed by atoms with E-state index in [9.17, 15) is 22.6 Å². The van der Waals surface area contributed by atoms with Gasteiger partial charge in [0.15, 0.2) is 5.82 Å². The van der Waals surface area contributed by atoms with Crippen molar-refractivity contribution in [2.75, 3.05) is 11.1 Å². The monoisotopic (exact) mass is 382 g/mol. The average Bonchev–Trinajstić information content (AvgIpc) is 2.49. The highest BCUT2D eigenvalue weighted by Crippen LogP contribution is 2.25. The minimum atomic E-state index is -4.54. The summed E-state index contributed by atoms with van der Waals surface area (Å²) in [6, 6.07) is 3.35. The highest BCUT2D eigenvalue weighted by molar-refractivity contribution is 7.85. The normalized spacial score (nSPS) is 11.5. The van der Waals surface area contributed by atoms with E-state index >= 15 is 0 Å². The summed E-state index contributed by atoms with van der Waals surface area (Å²) < 4.78 is 32.9. The Labute approximate surface area is 149 Å². The van der Waals surface area contributed by atoms with Gasteiger partial charge in [0.1, 0.15) is 6.54 Å². The number of aromatic nitrogens is 2. The Hall–Kier alpha value is -2.92. The van der Waals surface area contributed by atoms with Gasteiger partial charge in [0.2, 0.25) is 0 Å². The van der Waals surface area contributed by atoms with E-state index in [1.165, 1.54) is 12.3 Å². The van der Waals surface area contributed by atoms with Crippen LogP contribution in [0.4, 0.5) is 11.5 Å². The molecule has 0 spiro atoms. The van der Waals surface area contributed by atoms with Crippen LogP contribution in [0, 0.1) is 0 Å². The van der Waals surface area contributed by atoms with Crippen molar-refractivity contribution in [1.29, 1.82) is 0 Å². The third-order valence-electron chi connectivity index (χ3n) is 3.30. The van der Waals surface area contributed by atoms with Gasteiger partial charge in [-0.15, -0.1) is 0 Å². The van der Waals surface area contributed by atoms with Crippen molar-refractivity contribution in [3.63, 3.8) is 0 Å². The van der Waals surface area contributed by atoms with Crippen molar-refractivity contribution in [1.82, 2.24) is 9.55 Å². The molecule has 0 saturated carbocycles. The summed E-state index contributed by atoms with van der Waals surface area (Å²) >= 11 is 0. The van der Waals surface area contributed by atoms with E-state index < -0.39 is 33.1 Å². The van der Waals surface area contributed by atoms with Gasteiger partial charge >= 0.3 is 5.97 Å². The smallest absolute Gasteiger partial charge is 0.323 e. The molecular formula is C15H18N4O6S. The van der Waals surface area contributed by atoms with Crippen molar-refractivity contribution in [2.24, 2.45) is 0 Å². The molecule has 0 unspecified atom stereocenters. The number of benzene rings is 1. The summed E-state index contributed by atoms with van der Waals surface area (Å²) in [5, 5.41) is 11.9. The molecule has 0 aliphatic heterocycles. The molecule has 0 aliphatic rings. The molecule has 1 aromatic carbocycles. The Kier molecular flexibility index (Phi) is 5.33. The number of rotatable bonds is 6. The van der Waals surface area contributed by atoms with Gasteiger partial charge in [-0.3, -0.25) is 18.7 Å². The number of nitrogens with two attached hydrogens (primary N) is 1. The number of hydrogen-bond acceptors (Lipinski definition) is 7. The van der Waals surface area contributed by atoms with E-state index in [4.69, 9.17) is 10.8 Å². The molecular weight excluding hydrogens is 364 g/mol. The molecule has 140 valence electrons. The fraction of sp³-hybridized carbons (Fsp3) is 0.267. The Morgan fingerprint density at radius 3 is 2.54 bits per heavy atom. The van der Waals surface area contributed by atoms with E-state index in [0.29, 0.717) is 0 Å². The Morgan fingerprint density at radius 1 is 1.35 bits per heavy atom. The first-order valence-corrected chi connectivity index (χ1v) is 8.89. The van der Waals surface area contributed by atoms with E-state index in [1.807, 2.05) is 0 Å². The van der Waals surface area contributed by atoms with Crippen molar-refractivity contribution in [2.45, 2.75) is 31.3 Å². The molecule has 11 heteroatoms. The molecule has 26 heavy (non-hydrogen) atoms. The van der Waals surface area contributed by atoms with Crippen molar-refractivity contribution < 1.29 is 22.9 Å². The average molecular weight is 382 g/mol. The SMILES string of the molecule is CC(C)Nc1ncc(-c2cc(N)cc(S(=O)(=O)O)c2)n(CC(=O)O)c1=O. The zero-order valence-corrected chi connectivity index (χ0v) is 14.8. The summed E-state index contributed by atoms with van der Waals surface area (Å²) in [5.74, 6) is -1.31. The van der Waals surface area contributed by atoms with E-state index in [1.54, 1.807) is 13.8 Å². The van der Waals surface area contributed by atoms with Gasteiger partial charge in [0, 0.05) is 17.3 Å². The first-order chi connectivity index (χ1) is 12.0. The lowest BCUT2D eigenvalue weighted by Gasteiger charge is -2.15. The van der Waals surface area contributed by atoms with Crippen LogP contribution in [0.25, 0.3) is 11.3 Å². The number of hydrogen-bond donors (Lipinski definition) is 4. The maximum atomic E-state index is 12.6. The van der Waals surface area contributed by atoms with Crippen molar-refractivity contribution >= 4 is 27.6 Å².